The van der Waals surface area contributed by atoms with E-state index in [1.165, 1.54) is 6.07 Å². The fraction of sp³-hybridized carbons (Fsp3) is 0.182. The van der Waals surface area contributed by atoms with E-state index in [-0.39, 0.29) is 10.5 Å². The number of hydrogen-bond donors (Lipinski definition) is 0. The van der Waals surface area contributed by atoms with Crippen molar-refractivity contribution in [3.8, 4) is 0 Å². The van der Waals surface area contributed by atoms with Crippen molar-refractivity contribution >= 4 is 22.5 Å². The molecule has 0 N–H and O–H groups in total. The molecule has 2 rings (SSSR count). The lowest BCUT2D eigenvalue weighted by Gasteiger charge is -2.08. The number of alkyl halides is 3. The van der Waals surface area contributed by atoms with Crippen molar-refractivity contribution in [1.29, 1.82) is 0 Å². The summed E-state index contributed by atoms with van der Waals surface area (Å²) in [6.07, 6.45) is -4.47. The summed E-state index contributed by atoms with van der Waals surface area (Å²) in [5.74, 6) is 0. The predicted molar refractivity (Wildman–Crippen MR) is 56.5 cm³/mol. The maximum absolute atomic E-state index is 12.5. The Morgan fingerprint density at radius 1 is 1.19 bits per heavy atom. The van der Waals surface area contributed by atoms with Crippen LogP contribution in [0.4, 0.5) is 13.2 Å². The lowest BCUT2D eigenvalue weighted by molar-refractivity contribution is -0.140. The summed E-state index contributed by atoms with van der Waals surface area (Å²) < 4.78 is 37.4. The van der Waals surface area contributed by atoms with Gasteiger partial charge in [-0.05, 0) is 25.1 Å². The van der Waals surface area contributed by atoms with E-state index in [1.54, 1.807) is 12.1 Å². The van der Waals surface area contributed by atoms with E-state index in [4.69, 9.17) is 11.6 Å². The van der Waals surface area contributed by atoms with Gasteiger partial charge in [0.25, 0.3) is 0 Å². The summed E-state index contributed by atoms with van der Waals surface area (Å²) in [7, 11) is 0. The third kappa shape index (κ3) is 1.97. The molecule has 0 aliphatic rings. The van der Waals surface area contributed by atoms with Crippen LogP contribution >= 0.6 is 11.6 Å². The summed E-state index contributed by atoms with van der Waals surface area (Å²) >= 11 is 5.80. The van der Waals surface area contributed by atoms with Crippen LogP contribution in [-0.4, -0.2) is 4.98 Å². The van der Waals surface area contributed by atoms with Crippen molar-refractivity contribution in [3.63, 3.8) is 0 Å². The van der Waals surface area contributed by atoms with Crippen LogP contribution in [0.3, 0.4) is 0 Å². The number of benzene rings is 1. The molecule has 0 bridgehead atoms. The van der Waals surface area contributed by atoms with Gasteiger partial charge in [0, 0.05) is 5.39 Å². The Bertz CT molecular complexity index is 549. The fourth-order valence-electron chi connectivity index (χ4n) is 1.44. The number of fused-ring (bicyclic) bond motifs is 1. The molecule has 0 spiro atoms. The van der Waals surface area contributed by atoms with Gasteiger partial charge >= 0.3 is 6.18 Å². The molecule has 1 heterocycles. The molecule has 1 aromatic heterocycles. The zero-order valence-corrected chi connectivity index (χ0v) is 9.02. The van der Waals surface area contributed by atoms with Crippen LogP contribution in [0.2, 0.25) is 5.02 Å². The van der Waals surface area contributed by atoms with E-state index in [2.05, 4.69) is 4.98 Å². The van der Waals surface area contributed by atoms with E-state index < -0.39 is 11.9 Å². The minimum atomic E-state index is -4.47. The molecular formula is C11H7ClF3N. The SMILES string of the molecule is Cc1ccc2nc(C(F)(F)F)cc(Cl)c2c1. The smallest absolute Gasteiger partial charge is 0.243 e. The van der Waals surface area contributed by atoms with Crippen LogP contribution in [-0.2, 0) is 6.18 Å². The first-order chi connectivity index (χ1) is 7.38. The van der Waals surface area contributed by atoms with Gasteiger partial charge in [0.1, 0.15) is 5.69 Å². The van der Waals surface area contributed by atoms with Gasteiger partial charge in [-0.1, -0.05) is 23.2 Å². The first-order valence-corrected chi connectivity index (χ1v) is 4.90. The monoisotopic (exact) mass is 245 g/mol. The Morgan fingerprint density at radius 2 is 1.88 bits per heavy atom. The largest absolute Gasteiger partial charge is 0.433 e. The minimum Gasteiger partial charge on any atom is -0.243 e. The lowest BCUT2D eigenvalue weighted by atomic mass is 10.1. The summed E-state index contributed by atoms with van der Waals surface area (Å²) in [6.45, 7) is 1.84. The third-order valence-electron chi connectivity index (χ3n) is 2.20. The average Bonchev–Trinajstić information content (AvgIpc) is 2.17. The first kappa shape index (κ1) is 11.2. The standard InChI is InChI=1S/C11H7ClF3N/c1-6-2-3-9-7(4-6)8(12)5-10(16-9)11(13,14)15/h2-5H,1H3. The highest BCUT2D eigenvalue weighted by Crippen LogP contribution is 2.32. The maximum atomic E-state index is 12.5. The topological polar surface area (TPSA) is 12.9 Å². The van der Waals surface area contributed by atoms with Crippen molar-refractivity contribution in [2.75, 3.05) is 0 Å². The quantitative estimate of drug-likeness (QED) is 0.677. The molecule has 16 heavy (non-hydrogen) atoms. The van der Waals surface area contributed by atoms with E-state index in [0.717, 1.165) is 11.6 Å². The van der Waals surface area contributed by atoms with Gasteiger partial charge in [-0.15, -0.1) is 0 Å². The Balaban J connectivity index is 2.74. The summed E-state index contributed by atoms with van der Waals surface area (Å²) in [5, 5.41) is 0.607. The van der Waals surface area contributed by atoms with Crippen LogP contribution in [0.1, 0.15) is 11.3 Å². The molecule has 0 saturated heterocycles. The van der Waals surface area contributed by atoms with Gasteiger partial charge in [0.2, 0.25) is 0 Å². The summed E-state index contributed by atoms with van der Waals surface area (Å²) in [4.78, 5) is 3.54. The zero-order valence-electron chi connectivity index (χ0n) is 8.27. The summed E-state index contributed by atoms with van der Waals surface area (Å²) in [5.41, 5.74) is 0.218. The molecule has 5 heteroatoms. The molecule has 0 aliphatic heterocycles. The highest BCUT2D eigenvalue weighted by Gasteiger charge is 2.33. The van der Waals surface area contributed by atoms with E-state index in [9.17, 15) is 13.2 Å². The van der Waals surface area contributed by atoms with E-state index in [0.29, 0.717) is 5.39 Å². The van der Waals surface area contributed by atoms with Crippen LogP contribution in [0.5, 0.6) is 0 Å². The molecule has 1 aromatic carbocycles. The number of aromatic nitrogens is 1. The van der Waals surface area contributed by atoms with E-state index in [1.807, 2.05) is 6.92 Å². The molecule has 2 aromatic rings. The van der Waals surface area contributed by atoms with Gasteiger partial charge in [0.15, 0.2) is 0 Å². The van der Waals surface area contributed by atoms with Gasteiger partial charge in [-0.3, -0.25) is 0 Å². The molecular weight excluding hydrogens is 239 g/mol. The summed E-state index contributed by atoms with van der Waals surface area (Å²) in [6, 6.07) is 5.80. The van der Waals surface area contributed by atoms with Crippen molar-refractivity contribution in [2.24, 2.45) is 0 Å². The first-order valence-electron chi connectivity index (χ1n) is 4.52. The second-order valence-corrected chi connectivity index (χ2v) is 3.91. The normalized spacial score (nSPS) is 12.1. The third-order valence-corrected chi connectivity index (χ3v) is 2.52. The van der Waals surface area contributed by atoms with Gasteiger partial charge in [0.05, 0.1) is 10.5 Å². The number of rotatable bonds is 0. The van der Waals surface area contributed by atoms with E-state index >= 15 is 0 Å². The number of hydrogen-bond acceptors (Lipinski definition) is 1. The van der Waals surface area contributed by atoms with Crippen molar-refractivity contribution in [2.45, 2.75) is 13.1 Å². The van der Waals surface area contributed by atoms with Crippen LogP contribution < -0.4 is 0 Å². The number of aryl methyl sites for hydroxylation is 1. The Hall–Kier alpha value is -1.29. The van der Waals surface area contributed by atoms with Crippen LogP contribution in [0.25, 0.3) is 10.9 Å². The highest BCUT2D eigenvalue weighted by atomic mass is 35.5. The molecule has 0 saturated carbocycles. The lowest BCUT2D eigenvalue weighted by Crippen LogP contribution is -2.07. The number of nitrogens with zero attached hydrogens (tertiary/aromatic N) is 1. The van der Waals surface area contributed by atoms with Crippen molar-refractivity contribution in [3.05, 3.63) is 40.5 Å². The maximum Gasteiger partial charge on any atom is 0.433 e. The number of pyridine rings is 1. The van der Waals surface area contributed by atoms with Crippen molar-refractivity contribution in [1.82, 2.24) is 4.98 Å². The molecule has 0 unspecified atom stereocenters. The molecule has 0 aliphatic carbocycles. The van der Waals surface area contributed by atoms with Crippen LogP contribution in [0, 0.1) is 6.92 Å². The van der Waals surface area contributed by atoms with Gasteiger partial charge < -0.3 is 0 Å². The second-order valence-electron chi connectivity index (χ2n) is 3.51. The molecule has 1 nitrogen and oxygen atoms in total. The minimum absolute atomic E-state index is 0.0704. The molecule has 0 atom stereocenters. The zero-order chi connectivity index (χ0) is 11.9. The Kier molecular flexibility index (Phi) is 2.54. The Morgan fingerprint density at radius 3 is 2.50 bits per heavy atom. The second kappa shape index (κ2) is 3.63. The molecule has 0 fully saturated rings. The number of halogens is 4. The van der Waals surface area contributed by atoms with Gasteiger partial charge in [-0.25, -0.2) is 4.98 Å². The van der Waals surface area contributed by atoms with Crippen LogP contribution in [0.15, 0.2) is 24.3 Å². The van der Waals surface area contributed by atoms with Crippen molar-refractivity contribution < 1.29 is 13.2 Å². The average molecular weight is 246 g/mol. The molecule has 0 radical (unpaired) electrons. The highest BCUT2D eigenvalue weighted by molar-refractivity contribution is 6.35. The Labute approximate surface area is 94.9 Å². The molecule has 0 amide bonds. The fourth-order valence-corrected chi connectivity index (χ4v) is 1.70. The van der Waals surface area contributed by atoms with Gasteiger partial charge in [-0.2, -0.15) is 13.2 Å². The molecule has 84 valence electrons. The predicted octanol–water partition coefficient (Wildman–Crippen LogP) is 4.22.